The van der Waals surface area contributed by atoms with Gasteiger partial charge in [-0.3, -0.25) is 0 Å². The lowest BCUT2D eigenvalue weighted by Gasteiger charge is -1.98. The number of halogens is 1. The van der Waals surface area contributed by atoms with Crippen molar-refractivity contribution in [1.29, 1.82) is 0 Å². The molecule has 0 amide bonds. The number of nitrogens with zero attached hydrogens (tertiary/aromatic N) is 4. The van der Waals surface area contributed by atoms with E-state index in [0.29, 0.717) is 22.4 Å². The highest BCUT2D eigenvalue weighted by molar-refractivity contribution is 6.33. The number of aromatic nitrogens is 4. The van der Waals surface area contributed by atoms with E-state index in [1.165, 1.54) is 0 Å². The van der Waals surface area contributed by atoms with Gasteiger partial charge in [-0.1, -0.05) is 16.8 Å². The summed E-state index contributed by atoms with van der Waals surface area (Å²) < 4.78 is 7.03. The van der Waals surface area contributed by atoms with Gasteiger partial charge >= 0.3 is 0 Å². The van der Waals surface area contributed by atoms with Gasteiger partial charge in [0.1, 0.15) is 5.69 Å². The first kappa shape index (κ1) is 11.7. The minimum Gasteiger partial charge on any atom is -0.398 e. The summed E-state index contributed by atoms with van der Waals surface area (Å²) in [4.78, 5) is 8.33. The smallest absolute Gasteiger partial charge is 0.258 e. The molecule has 2 N–H and O–H groups in total. The largest absolute Gasteiger partial charge is 0.398 e. The molecule has 96 valence electrons. The van der Waals surface area contributed by atoms with E-state index < -0.39 is 0 Å². The van der Waals surface area contributed by atoms with E-state index in [9.17, 15) is 0 Å². The standard InChI is InChI=1S/C12H10ClN5O/c1-18-6-15-5-10(18)11-16-12(19-17-11)7-2-3-8(13)9(14)4-7/h2-6H,14H2,1H3. The van der Waals surface area contributed by atoms with Crippen molar-refractivity contribution in [2.45, 2.75) is 0 Å². The number of anilines is 1. The zero-order valence-corrected chi connectivity index (χ0v) is 10.8. The molecule has 0 saturated heterocycles. The fourth-order valence-corrected chi connectivity index (χ4v) is 1.81. The van der Waals surface area contributed by atoms with Crippen molar-refractivity contribution < 1.29 is 4.52 Å². The summed E-state index contributed by atoms with van der Waals surface area (Å²) in [6, 6.07) is 5.17. The Morgan fingerprint density at radius 2 is 2.21 bits per heavy atom. The molecule has 0 atom stereocenters. The Morgan fingerprint density at radius 3 is 2.89 bits per heavy atom. The van der Waals surface area contributed by atoms with Crippen molar-refractivity contribution in [1.82, 2.24) is 19.7 Å². The van der Waals surface area contributed by atoms with Gasteiger partial charge in [0.15, 0.2) is 0 Å². The third kappa shape index (κ3) is 2.06. The predicted molar refractivity (Wildman–Crippen MR) is 71.4 cm³/mol. The number of nitrogens with two attached hydrogens (primary N) is 1. The second kappa shape index (κ2) is 4.40. The van der Waals surface area contributed by atoms with Crippen LogP contribution in [0.2, 0.25) is 5.02 Å². The average Bonchev–Trinajstić information content (AvgIpc) is 3.01. The second-order valence-corrected chi connectivity index (χ2v) is 4.46. The van der Waals surface area contributed by atoms with Crippen molar-refractivity contribution >= 4 is 17.3 Å². The first-order chi connectivity index (χ1) is 9.15. The number of imidazole rings is 1. The van der Waals surface area contributed by atoms with Crippen LogP contribution in [0.5, 0.6) is 0 Å². The molecule has 0 bridgehead atoms. The molecule has 0 fully saturated rings. The van der Waals surface area contributed by atoms with Crippen LogP contribution in [-0.2, 0) is 7.05 Å². The van der Waals surface area contributed by atoms with Crippen LogP contribution < -0.4 is 5.73 Å². The molecule has 0 saturated carbocycles. The maximum atomic E-state index is 5.87. The Bertz CT molecular complexity index is 733. The molecular formula is C12H10ClN5O. The van der Waals surface area contributed by atoms with Crippen LogP contribution in [0.4, 0.5) is 5.69 Å². The molecule has 0 aliphatic rings. The van der Waals surface area contributed by atoms with Gasteiger partial charge in [-0.05, 0) is 18.2 Å². The van der Waals surface area contributed by atoms with Gasteiger partial charge in [-0.15, -0.1) is 0 Å². The van der Waals surface area contributed by atoms with Gasteiger partial charge in [0.2, 0.25) is 5.82 Å². The van der Waals surface area contributed by atoms with E-state index >= 15 is 0 Å². The summed E-state index contributed by atoms with van der Waals surface area (Å²) in [5.41, 5.74) is 7.72. The summed E-state index contributed by atoms with van der Waals surface area (Å²) in [6.07, 6.45) is 3.34. The topological polar surface area (TPSA) is 82.8 Å². The zero-order chi connectivity index (χ0) is 13.4. The highest BCUT2D eigenvalue weighted by Gasteiger charge is 2.13. The van der Waals surface area contributed by atoms with Gasteiger partial charge in [0, 0.05) is 12.6 Å². The maximum absolute atomic E-state index is 5.87. The summed E-state index contributed by atoms with van der Waals surface area (Å²) >= 11 is 5.87. The summed E-state index contributed by atoms with van der Waals surface area (Å²) in [7, 11) is 1.86. The van der Waals surface area contributed by atoms with Crippen molar-refractivity contribution in [3.8, 4) is 23.0 Å². The van der Waals surface area contributed by atoms with Crippen molar-refractivity contribution in [3.63, 3.8) is 0 Å². The molecular weight excluding hydrogens is 266 g/mol. The summed E-state index contributed by atoms with van der Waals surface area (Å²) in [5.74, 6) is 0.864. The molecule has 0 spiro atoms. The number of hydrogen-bond donors (Lipinski definition) is 1. The van der Waals surface area contributed by atoms with Gasteiger partial charge in [-0.25, -0.2) is 4.98 Å². The van der Waals surface area contributed by atoms with E-state index in [-0.39, 0.29) is 0 Å². The van der Waals surface area contributed by atoms with Crippen molar-refractivity contribution in [2.75, 3.05) is 5.73 Å². The van der Waals surface area contributed by atoms with Gasteiger partial charge in [-0.2, -0.15) is 4.98 Å². The van der Waals surface area contributed by atoms with Crippen LogP contribution in [0.25, 0.3) is 23.0 Å². The molecule has 0 radical (unpaired) electrons. The second-order valence-electron chi connectivity index (χ2n) is 4.05. The molecule has 3 rings (SSSR count). The van der Waals surface area contributed by atoms with E-state index in [1.54, 1.807) is 30.7 Å². The highest BCUT2D eigenvalue weighted by atomic mass is 35.5. The van der Waals surface area contributed by atoms with E-state index in [0.717, 1.165) is 11.3 Å². The average molecular weight is 276 g/mol. The molecule has 2 heterocycles. The molecule has 3 aromatic rings. The first-order valence-electron chi connectivity index (χ1n) is 5.51. The highest BCUT2D eigenvalue weighted by Crippen LogP contribution is 2.27. The predicted octanol–water partition coefficient (Wildman–Crippen LogP) is 2.37. The quantitative estimate of drug-likeness (QED) is 0.726. The van der Waals surface area contributed by atoms with Crippen LogP contribution in [0.1, 0.15) is 0 Å². The fraction of sp³-hybridized carbons (Fsp3) is 0.0833. The Hall–Kier alpha value is -2.34. The zero-order valence-electron chi connectivity index (χ0n) is 10.0. The third-order valence-corrected chi connectivity index (χ3v) is 3.06. The van der Waals surface area contributed by atoms with Crippen LogP contribution in [-0.4, -0.2) is 19.7 Å². The van der Waals surface area contributed by atoms with Crippen LogP contribution >= 0.6 is 11.6 Å². The molecule has 6 nitrogen and oxygen atoms in total. The number of benzene rings is 1. The lowest BCUT2D eigenvalue weighted by atomic mass is 10.2. The Kier molecular flexibility index (Phi) is 2.72. The molecule has 19 heavy (non-hydrogen) atoms. The minimum absolute atomic E-state index is 0.388. The van der Waals surface area contributed by atoms with Crippen molar-refractivity contribution in [3.05, 3.63) is 35.7 Å². The Morgan fingerprint density at radius 1 is 1.37 bits per heavy atom. The van der Waals surface area contributed by atoms with Crippen LogP contribution in [0.3, 0.4) is 0 Å². The summed E-state index contributed by atoms with van der Waals surface area (Å²) in [5, 5.41) is 4.42. The van der Waals surface area contributed by atoms with Crippen LogP contribution in [0.15, 0.2) is 35.2 Å². The molecule has 2 aromatic heterocycles. The number of nitrogen functional groups attached to an aromatic ring is 1. The Balaban J connectivity index is 2.01. The van der Waals surface area contributed by atoms with Gasteiger partial charge in [0.05, 0.1) is 23.2 Å². The Labute approximate surface area is 113 Å². The number of rotatable bonds is 2. The lowest BCUT2D eigenvalue weighted by molar-refractivity contribution is 0.432. The van der Waals surface area contributed by atoms with E-state index in [2.05, 4.69) is 15.1 Å². The molecule has 1 aromatic carbocycles. The minimum atomic E-state index is 0.388. The SMILES string of the molecule is Cn1cncc1-c1noc(-c2ccc(Cl)c(N)c2)n1. The molecule has 0 unspecified atom stereocenters. The molecule has 7 heteroatoms. The third-order valence-electron chi connectivity index (χ3n) is 2.71. The number of hydrogen-bond acceptors (Lipinski definition) is 5. The molecule has 0 aliphatic carbocycles. The summed E-state index contributed by atoms with van der Waals surface area (Å²) in [6.45, 7) is 0. The van der Waals surface area contributed by atoms with E-state index in [4.69, 9.17) is 21.9 Å². The van der Waals surface area contributed by atoms with Crippen molar-refractivity contribution in [2.24, 2.45) is 7.05 Å². The fourth-order valence-electron chi connectivity index (χ4n) is 1.69. The number of aryl methyl sites for hydroxylation is 1. The van der Waals surface area contributed by atoms with Gasteiger partial charge in [0.25, 0.3) is 5.89 Å². The monoisotopic (exact) mass is 275 g/mol. The van der Waals surface area contributed by atoms with Crippen LogP contribution in [0, 0.1) is 0 Å². The lowest BCUT2D eigenvalue weighted by Crippen LogP contribution is -1.91. The van der Waals surface area contributed by atoms with Gasteiger partial charge < -0.3 is 14.8 Å². The maximum Gasteiger partial charge on any atom is 0.258 e. The van der Waals surface area contributed by atoms with E-state index in [1.807, 2.05) is 11.6 Å². The normalized spacial score (nSPS) is 10.8. The first-order valence-corrected chi connectivity index (χ1v) is 5.89. The molecule has 0 aliphatic heterocycles.